The SMILES string of the molecule is O=C1CC(c2cccc(C3CC3)c2)C(C(=O)O)N1. The van der Waals surface area contributed by atoms with Crippen molar-refractivity contribution in [1.29, 1.82) is 0 Å². The number of hydrogen-bond donors (Lipinski definition) is 2. The predicted molar refractivity (Wildman–Crippen MR) is 65.3 cm³/mol. The molecule has 0 aromatic heterocycles. The van der Waals surface area contributed by atoms with Crippen LogP contribution in [-0.2, 0) is 9.59 Å². The Bertz CT molecular complexity index is 508. The normalized spacial score (nSPS) is 27.0. The molecule has 2 fully saturated rings. The molecule has 1 aromatic carbocycles. The van der Waals surface area contributed by atoms with E-state index in [4.69, 9.17) is 5.11 Å². The van der Waals surface area contributed by atoms with E-state index >= 15 is 0 Å². The van der Waals surface area contributed by atoms with Crippen molar-refractivity contribution in [1.82, 2.24) is 5.32 Å². The number of rotatable bonds is 3. The topological polar surface area (TPSA) is 66.4 Å². The average Bonchev–Trinajstić information content (AvgIpc) is 3.12. The van der Waals surface area contributed by atoms with Crippen molar-refractivity contribution in [2.45, 2.75) is 37.1 Å². The second-order valence-electron chi connectivity index (χ2n) is 5.14. The van der Waals surface area contributed by atoms with Crippen molar-refractivity contribution in [3.8, 4) is 0 Å². The quantitative estimate of drug-likeness (QED) is 0.850. The molecule has 1 heterocycles. The lowest BCUT2D eigenvalue weighted by molar-refractivity contribution is -0.140. The van der Waals surface area contributed by atoms with Crippen molar-refractivity contribution in [2.24, 2.45) is 0 Å². The summed E-state index contributed by atoms with van der Waals surface area (Å²) in [4.78, 5) is 22.5. The third-order valence-corrected chi connectivity index (χ3v) is 3.78. The van der Waals surface area contributed by atoms with Crippen LogP contribution >= 0.6 is 0 Å². The van der Waals surface area contributed by atoms with Gasteiger partial charge in [0.1, 0.15) is 6.04 Å². The minimum absolute atomic E-state index is 0.177. The first-order valence-electron chi connectivity index (χ1n) is 6.27. The van der Waals surface area contributed by atoms with Crippen LogP contribution in [0.4, 0.5) is 0 Å². The van der Waals surface area contributed by atoms with Gasteiger partial charge in [-0.25, -0.2) is 4.79 Å². The van der Waals surface area contributed by atoms with Gasteiger partial charge in [0.2, 0.25) is 5.91 Å². The Labute approximate surface area is 105 Å². The number of nitrogens with one attached hydrogen (secondary N) is 1. The van der Waals surface area contributed by atoms with E-state index in [1.165, 1.54) is 18.4 Å². The predicted octanol–water partition coefficient (Wildman–Crippen LogP) is 1.62. The molecule has 0 bridgehead atoms. The zero-order chi connectivity index (χ0) is 12.7. The van der Waals surface area contributed by atoms with Crippen LogP contribution < -0.4 is 5.32 Å². The lowest BCUT2D eigenvalue weighted by atomic mass is 9.90. The number of carboxylic acids is 1. The van der Waals surface area contributed by atoms with Gasteiger partial charge in [0, 0.05) is 12.3 Å². The summed E-state index contributed by atoms with van der Waals surface area (Å²) in [7, 11) is 0. The van der Waals surface area contributed by atoms with Crippen molar-refractivity contribution in [3.05, 3.63) is 35.4 Å². The number of aliphatic carboxylic acids is 1. The van der Waals surface area contributed by atoms with E-state index in [9.17, 15) is 9.59 Å². The third-order valence-electron chi connectivity index (χ3n) is 3.78. The van der Waals surface area contributed by atoms with Crippen LogP contribution in [0.1, 0.15) is 42.2 Å². The Hall–Kier alpha value is -1.84. The molecule has 1 aliphatic carbocycles. The number of benzene rings is 1. The van der Waals surface area contributed by atoms with E-state index in [0.29, 0.717) is 5.92 Å². The van der Waals surface area contributed by atoms with Crippen molar-refractivity contribution in [3.63, 3.8) is 0 Å². The van der Waals surface area contributed by atoms with Crippen LogP contribution in [0.25, 0.3) is 0 Å². The Morgan fingerprint density at radius 2 is 2.00 bits per heavy atom. The summed E-state index contributed by atoms with van der Waals surface area (Å²) in [6.07, 6.45) is 2.70. The molecule has 1 saturated carbocycles. The molecule has 1 aromatic rings. The highest BCUT2D eigenvalue weighted by Crippen LogP contribution is 2.41. The number of hydrogen-bond acceptors (Lipinski definition) is 2. The summed E-state index contributed by atoms with van der Waals surface area (Å²) in [5, 5.41) is 11.7. The first kappa shape index (κ1) is 11.3. The number of carboxylic acid groups (broad SMARTS) is 1. The zero-order valence-electron chi connectivity index (χ0n) is 9.93. The Morgan fingerprint density at radius 3 is 2.67 bits per heavy atom. The Balaban J connectivity index is 1.90. The molecule has 0 spiro atoms. The van der Waals surface area contributed by atoms with Crippen LogP contribution in [0.3, 0.4) is 0 Å². The molecule has 3 rings (SSSR count). The van der Waals surface area contributed by atoms with Gasteiger partial charge in [-0.05, 0) is 29.9 Å². The fourth-order valence-corrected chi connectivity index (χ4v) is 2.65. The van der Waals surface area contributed by atoms with E-state index < -0.39 is 12.0 Å². The van der Waals surface area contributed by atoms with Crippen LogP contribution in [0.15, 0.2) is 24.3 Å². The lowest BCUT2D eigenvalue weighted by Gasteiger charge is -2.15. The summed E-state index contributed by atoms with van der Waals surface area (Å²) in [6, 6.07) is 7.25. The van der Waals surface area contributed by atoms with Crippen molar-refractivity contribution in [2.75, 3.05) is 0 Å². The molecule has 4 nitrogen and oxygen atoms in total. The fraction of sp³-hybridized carbons (Fsp3) is 0.429. The van der Waals surface area contributed by atoms with Crippen LogP contribution in [0, 0.1) is 0 Å². The molecule has 2 atom stereocenters. The van der Waals surface area contributed by atoms with Gasteiger partial charge < -0.3 is 10.4 Å². The maximum Gasteiger partial charge on any atom is 0.326 e. The smallest absolute Gasteiger partial charge is 0.326 e. The standard InChI is InChI=1S/C14H15NO3/c16-12-7-11(13(15-12)14(17)18)10-3-1-2-9(6-10)8-4-5-8/h1-3,6,8,11,13H,4-5,7H2,(H,15,16)(H,17,18). The molecule has 2 unspecified atom stereocenters. The lowest BCUT2D eigenvalue weighted by Crippen LogP contribution is -2.36. The van der Waals surface area contributed by atoms with Gasteiger partial charge in [-0.1, -0.05) is 24.3 Å². The molecule has 4 heteroatoms. The molecular formula is C14H15NO3. The maximum absolute atomic E-state index is 11.4. The van der Waals surface area contributed by atoms with Gasteiger partial charge in [0.25, 0.3) is 0 Å². The molecule has 94 valence electrons. The molecule has 1 saturated heterocycles. The molecule has 1 aliphatic heterocycles. The number of carbonyl (C=O) groups is 2. The van der Waals surface area contributed by atoms with Crippen LogP contribution in [-0.4, -0.2) is 23.0 Å². The van der Waals surface area contributed by atoms with Crippen LogP contribution in [0.5, 0.6) is 0 Å². The van der Waals surface area contributed by atoms with Gasteiger partial charge in [-0.15, -0.1) is 0 Å². The Morgan fingerprint density at radius 1 is 1.28 bits per heavy atom. The zero-order valence-corrected chi connectivity index (χ0v) is 9.93. The van der Waals surface area contributed by atoms with Crippen molar-refractivity contribution >= 4 is 11.9 Å². The maximum atomic E-state index is 11.4. The third kappa shape index (κ3) is 1.98. The van der Waals surface area contributed by atoms with Crippen LogP contribution in [0.2, 0.25) is 0 Å². The van der Waals surface area contributed by atoms with Gasteiger partial charge in [-0.2, -0.15) is 0 Å². The minimum atomic E-state index is -0.956. The average molecular weight is 245 g/mol. The molecule has 1 amide bonds. The molecular weight excluding hydrogens is 230 g/mol. The number of carbonyl (C=O) groups excluding carboxylic acids is 1. The molecule has 2 N–H and O–H groups in total. The van der Waals surface area contributed by atoms with E-state index in [1.54, 1.807) is 0 Å². The van der Waals surface area contributed by atoms with Crippen molar-refractivity contribution < 1.29 is 14.7 Å². The van der Waals surface area contributed by atoms with Gasteiger partial charge in [-0.3, -0.25) is 4.79 Å². The molecule has 0 radical (unpaired) electrons. The summed E-state index contributed by atoms with van der Waals surface area (Å²) in [5.74, 6) is -0.737. The molecule has 18 heavy (non-hydrogen) atoms. The van der Waals surface area contributed by atoms with E-state index in [-0.39, 0.29) is 18.2 Å². The van der Waals surface area contributed by atoms with E-state index in [2.05, 4.69) is 17.4 Å². The molecule has 2 aliphatic rings. The summed E-state index contributed by atoms with van der Waals surface area (Å²) >= 11 is 0. The summed E-state index contributed by atoms with van der Waals surface area (Å²) in [5.41, 5.74) is 2.24. The fourth-order valence-electron chi connectivity index (χ4n) is 2.65. The minimum Gasteiger partial charge on any atom is -0.480 e. The van der Waals surface area contributed by atoms with E-state index in [1.807, 2.05) is 12.1 Å². The van der Waals surface area contributed by atoms with Gasteiger partial charge >= 0.3 is 5.97 Å². The highest BCUT2D eigenvalue weighted by atomic mass is 16.4. The summed E-state index contributed by atoms with van der Waals surface area (Å²) < 4.78 is 0. The first-order valence-corrected chi connectivity index (χ1v) is 6.27. The second kappa shape index (κ2) is 4.12. The highest BCUT2D eigenvalue weighted by Gasteiger charge is 2.38. The summed E-state index contributed by atoms with van der Waals surface area (Å²) in [6.45, 7) is 0. The first-order chi connectivity index (χ1) is 8.65. The number of amides is 1. The van der Waals surface area contributed by atoms with Gasteiger partial charge in [0.15, 0.2) is 0 Å². The second-order valence-corrected chi connectivity index (χ2v) is 5.14. The highest BCUT2D eigenvalue weighted by molar-refractivity contribution is 5.89. The monoisotopic (exact) mass is 245 g/mol. The van der Waals surface area contributed by atoms with E-state index in [0.717, 1.165) is 5.56 Å². The Kier molecular flexibility index (Phi) is 2.58. The largest absolute Gasteiger partial charge is 0.480 e. The van der Waals surface area contributed by atoms with Gasteiger partial charge in [0.05, 0.1) is 0 Å².